The first kappa shape index (κ1) is 16.5. The highest BCUT2D eigenvalue weighted by atomic mass is 16.1. The second kappa shape index (κ2) is 6.20. The van der Waals surface area contributed by atoms with Crippen molar-refractivity contribution in [3.63, 3.8) is 0 Å². The first-order valence-corrected chi connectivity index (χ1v) is 10.4. The van der Waals surface area contributed by atoms with Crippen LogP contribution in [0.4, 0.5) is 5.95 Å². The summed E-state index contributed by atoms with van der Waals surface area (Å²) in [6.45, 7) is 2.78. The Kier molecular flexibility index (Phi) is 3.94. The lowest BCUT2D eigenvalue weighted by Crippen LogP contribution is -2.55. The van der Waals surface area contributed by atoms with Crippen molar-refractivity contribution < 1.29 is 4.79 Å². The third kappa shape index (κ3) is 2.54. The van der Waals surface area contributed by atoms with Gasteiger partial charge in [0.2, 0.25) is 11.9 Å². The van der Waals surface area contributed by atoms with Crippen LogP contribution in [-0.4, -0.2) is 45.7 Å². The maximum absolute atomic E-state index is 12.7. The third-order valence-corrected chi connectivity index (χ3v) is 8.07. The van der Waals surface area contributed by atoms with Crippen LogP contribution in [0.25, 0.3) is 0 Å². The lowest BCUT2D eigenvalue weighted by atomic mass is 9.57. The minimum absolute atomic E-state index is 0.294. The average Bonchev–Trinajstić information content (AvgIpc) is 3.17. The molecule has 142 valence electrons. The summed E-state index contributed by atoms with van der Waals surface area (Å²) >= 11 is 0. The van der Waals surface area contributed by atoms with Gasteiger partial charge in [-0.15, -0.1) is 0 Å². The van der Waals surface area contributed by atoms with E-state index in [1.807, 2.05) is 7.05 Å². The van der Waals surface area contributed by atoms with E-state index in [-0.39, 0.29) is 0 Å². The Morgan fingerprint density at radius 1 is 1.27 bits per heavy atom. The first-order valence-electron chi connectivity index (χ1n) is 10.4. The number of nitrogens with zero attached hydrogens (tertiary/aromatic N) is 5. The summed E-state index contributed by atoms with van der Waals surface area (Å²) in [5, 5.41) is 15.3. The van der Waals surface area contributed by atoms with Crippen molar-refractivity contribution in [2.45, 2.75) is 51.4 Å². The van der Waals surface area contributed by atoms with Crippen molar-refractivity contribution in [1.82, 2.24) is 25.5 Å². The quantitative estimate of drug-likeness (QED) is 0.888. The van der Waals surface area contributed by atoms with Gasteiger partial charge in [0.05, 0.1) is 0 Å². The number of fused-ring (bicyclic) bond motifs is 1. The lowest BCUT2D eigenvalue weighted by Gasteiger charge is -2.53. The maximum Gasteiger partial charge on any atom is 0.245 e. The maximum atomic E-state index is 12.7. The van der Waals surface area contributed by atoms with E-state index in [4.69, 9.17) is 0 Å². The van der Waals surface area contributed by atoms with Crippen LogP contribution in [0.15, 0.2) is 0 Å². The van der Waals surface area contributed by atoms with E-state index >= 15 is 0 Å². The number of hydrogen-bond acceptors (Lipinski definition) is 5. The van der Waals surface area contributed by atoms with Crippen LogP contribution in [0.1, 0.15) is 51.4 Å². The Morgan fingerprint density at radius 3 is 2.85 bits per heavy atom. The monoisotopic (exact) mass is 358 g/mol. The molecule has 1 N–H and O–H groups in total. The fourth-order valence-electron chi connectivity index (χ4n) is 6.21. The van der Waals surface area contributed by atoms with Gasteiger partial charge in [0.25, 0.3) is 0 Å². The molecule has 26 heavy (non-hydrogen) atoms. The van der Waals surface area contributed by atoms with E-state index in [1.165, 1.54) is 44.9 Å². The van der Waals surface area contributed by atoms with E-state index in [9.17, 15) is 4.79 Å². The molecule has 1 aromatic heterocycles. The molecule has 1 aromatic rings. The van der Waals surface area contributed by atoms with E-state index in [0.717, 1.165) is 37.9 Å². The molecule has 2 heterocycles. The Hall–Kier alpha value is -1.66. The number of piperidine rings is 1. The molecule has 1 amide bonds. The number of carbonyl (C=O) groups excluding carboxylic acids is 1. The third-order valence-electron chi connectivity index (χ3n) is 8.07. The van der Waals surface area contributed by atoms with Gasteiger partial charge in [0.1, 0.15) is 0 Å². The van der Waals surface area contributed by atoms with E-state index in [1.54, 1.807) is 4.68 Å². The van der Waals surface area contributed by atoms with Crippen LogP contribution < -0.4 is 10.2 Å². The zero-order valence-corrected chi connectivity index (χ0v) is 15.7. The van der Waals surface area contributed by atoms with Gasteiger partial charge in [-0.1, -0.05) is 24.4 Å². The van der Waals surface area contributed by atoms with Crippen molar-refractivity contribution >= 4 is 11.9 Å². The van der Waals surface area contributed by atoms with E-state index in [2.05, 4.69) is 25.7 Å². The van der Waals surface area contributed by atoms with Crippen molar-refractivity contribution in [1.29, 1.82) is 0 Å². The van der Waals surface area contributed by atoms with Crippen molar-refractivity contribution in [2.24, 2.45) is 36.1 Å². The summed E-state index contributed by atoms with van der Waals surface area (Å²) in [6.07, 6.45) is 10.2. The number of rotatable bonds is 4. The van der Waals surface area contributed by atoms with Crippen LogP contribution in [0.2, 0.25) is 0 Å². The van der Waals surface area contributed by atoms with E-state index in [0.29, 0.717) is 29.1 Å². The molecule has 4 aliphatic rings. The predicted octanol–water partition coefficient (Wildman–Crippen LogP) is 1.76. The molecule has 3 aliphatic carbocycles. The molecule has 4 fully saturated rings. The molecule has 1 saturated heterocycles. The predicted molar refractivity (Wildman–Crippen MR) is 97.3 cm³/mol. The molecular weight excluding hydrogens is 328 g/mol. The Morgan fingerprint density at radius 2 is 2.15 bits per heavy atom. The number of tetrazole rings is 1. The molecule has 0 aromatic carbocycles. The van der Waals surface area contributed by atoms with Gasteiger partial charge in [-0.3, -0.25) is 4.79 Å². The lowest BCUT2D eigenvalue weighted by molar-refractivity contribution is -0.133. The Labute approximate surface area is 154 Å². The number of aromatic nitrogens is 4. The van der Waals surface area contributed by atoms with Gasteiger partial charge < -0.3 is 10.2 Å². The number of nitrogens with one attached hydrogen (secondary N) is 1. The minimum Gasteiger partial charge on any atom is -0.355 e. The summed E-state index contributed by atoms with van der Waals surface area (Å²) in [6, 6.07) is 0. The van der Waals surface area contributed by atoms with Gasteiger partial charge in [-0.25, -0.2) is 4.68 Å². The van der Waals surface area contributed by atoms with E-state index < -0.39 is 0 Å². The van der Waals surface area contributed by atoms with Crippen LogP contribution >= 0.6 is 0 Å². The molecule has 7 heteroatoms. The van der Waals surface area contributed by atoms with Gasteiger partial charge in [0, 0.05) is 32.6 Å². The average molecular weight is 358 g/mol. The zero-order chi connectivity index (χ0) is 17.7. The molecule has 5 rings (SSSR count). The minimum atomic E-state index is 0.294. The highest BCUT2D eigenvalue weighted by molar-refractivity contribution is 5.80. The first-order chi connectivity index (χ1) is 12.7. The van der Waals surface area contributed by atoms with Crippen molar-refractivity contribution in [3.05, 3.63) is 0 Å². The van der Waals surface area contributed by atoms with Gasteiger partial charge in [-0.2, -0.15) is 0 Å². The van der Waals surface area contributed by atoms with Crippen molar-refractivity contribution in [3.8, 4) is 0 Å². The summed E-state index contributed by atoms with van der Waals surface area (Å²) in [5.74, 6) is 3.49. The van der Waals surface area contributed by atoms with Gasteiger partial charge in [0.15, 0.2) is 0 Å². The molecule has 0 radical (unpaired) electrons. The number of amides is 1. The second-order valence-corrected chi connectivity index (χ2v) is 9.15. The zero-order valence-electron chi connectivity index (χ0n) is 15.7. The van der Waals surface area contributed by atoms with Crippen molar-refractivity contribution in [2.75, 3.05) is 24.5 Å². The Balaban J connectivity index is 1.23. The topological polar surface area (TPSA) is 75.9 Å². The molecule has 7 nitrogen and oxygen atoms in total. The second-order valence-electron chi connectivity index (χ2n) is 9.15. The molecule has 1 aliphatic heterocycles. The number of anilines is 1. The largest absolute Gasteiger partial charge is 0.355 e. The normalized spacial score (nSPS) is 34.9. The molecular formula is C19H30N6O. The summed E-state index contributed by atoms with van der Waals surface area (Å²) < 4.78 is 1.75. The Bertz CT molecular complexity index is 683. The fraction of sp³-hybridized carbons (Fsp3) is 0.895. The summed E-state index contributed by atoms with van der Waals surface area (Å²) in [4.78, 5) is 15.0. The number of hydrogen-bond donors (Lipinski definition) is 1. The highest BCUT2D eigenvalue weighted by Crippen LogP contribution is 2.53. The van der Waals surface area contributed by atoms with Crippen LogP contribution in [-0.2, 0) is 11.8 Å². The smallest absolute Gasteiger partial charge is 0.245 e. The van der Waals surface area contributed by atoms with Gasteiger partial charge in [-0.05, 0) is 65.7 Å². The molecule has 4 atom stereocenters. The number of aryl methyl sites for hydroxylation is 1. The highest BCUT2D eigenvalue weighted by Gasteiger charge is 2.49. The van der Waals surface area contributed by atoms with Crippen LogP contribution in [0.5, 0.6) is 0 Å². The molecule has 0 bridgehead atoms. The SMILES string of the molecule is Cn1nnnc1N1CCC2(CCC2)C(CNC(=O)C2CC3CCCC32)C1. The summed E-state index contributed by atoms with van der Waals surface area (Å²) in [5.41, 5.74) is 0.436. The summed E-state index contributed by atoms with van der Waals surface area (Å²) in [7, 11) is 1.90. The molecule has 1 spiro atoms. The molecule has 3 saturated carbocycles. The van der Waals surface area contributed by atoms with Crippen LogP contribution in [0, 0.1) is 29.1 Å². The fourth-order valence-corrected chi connectivity index (χ4v) is 6.21. The van der Waals surface area contributed by atoms with Crippen LogP contribution in [0.3, 0.4) is 0 Å². The number of carbonyl (C=O) groups is 1. The van der Waals surface area contributed by atoms with Gasteiger partial charge >= 0.3 is 0 Å². The molecule has 4 unspecified atom stereocenters. The standard InChI is InChI=1S/C19H30N6O/c1-24-18(21-22-23-24)25-9-8-19(6-3-7-19)14(12-25)11-20-17(26)16-10-13-4-2-5-15(13)16/h13-16H,2-12H2,1H3,(H,20,26).